The van der Waals surface area contributed by atoms with E-state index in [2.05, 4.69) is 5.32 Å². The monoisotopic (exact) mass is 493 g/mol. The van der Waals surface area contributed by atoms with Gasteiger partial charge < -0.3 is 14.8 Å². The first kappa shape index (κ1) is 22.3. The molecule has 0 fully saturated rings. The molecular formula is C26H21Cl2N3O3. The quantitative estimate of drug-likeness (QED) is 0.328. The molecule has 1 aliphatic heterocycles. The largest absolute Gasteiger partial charge is 0.497 e. The summed E-state index contributed by atoms with van der Waals surface area (Å²) in [5.41, 5.74) is 4.17. The maximum Gasteiger partial charge on any atom is 0.338 e. The predicted octanol–water partition coefficient (Wildman–Crippen LogP) is 6.34. The number of ether oxygens (including phenoxy) is 2. The third kappa shape index (κ3) is 3.79. The molecule has 8 heteroatoms. The summed E-state index contributed by atoms with van der Waals surface area (Å²) in [6, 6.07) is 19.9. The highest BCUT2D eigenvalue weighted by Crippen LogP contribution is 2.44. The number of hydrogen-bond donors (Lipinski definition) is 1. The van der Waals surface area contributed by atoms with E-state index >= 15 is 0 Å². The van der Waals surface area contributed by atoms with Gasteiger partial charge in [-0.25, -0.2) is 9.78 Å². The topological polar surface area (TPSA) is 65.4 Å². The molecule has 1 aromatic heterocycles. The lowest BCUT2D eigenvalue weighted by Crippen LogP contribution is -2.29. The summed E-state index contributed by atoms with van der Waals surface area (Å²) < 4.78 is 12.8. The van der Waals surface area contributed by atoms with Gasteiger partial charge in [0.15, 0.2) is 0 Å². The van der Waals surface area contributed by atoms with Crippen molar-refractivity contribution in [2.45, 2.75) is 13.0 Å². The number of carbonyl (C=O) groups excluding carboxylic acids is 1. The van der Waals surface area contributed by atoms with Gasteiger partial charge in [0.05, 0.1) is 42.1 Å². The fourth-order valence-corrected chi connectivity index (χ4v) is 4.78. The second-order valence-electron chi connectivity index (χ2n) is 7.73. The number of fused-ring (bicyclic) bond motifs is 3. The summed E-state index contributed by atoms with van der Waals surface area (Å²) in [6.45, 7) is 2.01. The van der Waals surface area contributed by atoms with Crippen LogP contribution in [-0.2, 0) is 9.53 Å². The molecular weight excluding hydrogens is 473 g/mol. The van der Waals surface area contributed by atoms with Crippen LogP contribution in [-0.4, -0.2) is 29.2 Å². The summed E-state index contributed by atoms with van der Waals surface area (Å²) in [6.07, 6.45) is 0. The van der Waals surface area contributed by atoms with Gasteiger partial charge in [-0.15, -0.1) is 0 Å². The molecule has 0 amide bonds. The molecule has 3 aromatic carbocycles. The normalized spacial score (nSPS) is 15.1. The van der Waals surface area contributed by atoms with Gasteiger partial charge in [-0.2, -0.15) is 0 Å². The molecule has 0 saturated heterocycles. The van der Waals surface area contributed by atoms with Crippen LogP contribution in [0.15, 0.2) is 72.3 Å². The van der Waals surface area contributed by atoms with Crippen molar-refractivity contribution in [3.8, 4) is 5.75 Å². The minimum Gasteiger partial charge on any atom is -0.497 e. The van der Waals surface area contributed by atoms with Gasteiger partial charge in [-0.05, 0) is 66.6 Å². The first-order valence-corrected chi connectivity index (χ1v) is 11.5. The summed E-state index contributed by atoms with van der Waals surface area (Å²) in [4.78, 5) is 18.3. The maximum absolute atomic E-state index is 13.5. The SMILES string of the molecule is CCOC(=O)C1=C(c2ccc(OC)cc2)Nc2nc3ccccc3n2C1c1ccc(Cl)cc1Cl. The van der Waals surface area contributed by atoms with Crippen LogP contribution < -0.4 is 10.1 Å². The van der Waals surface area contributed by atoms with Gasteiger partial charge in [0, 0.05) is 10.0 Å². The Labute approximate surface area is 206 Å². The van der Waals surface area contributed by atoms with Crippen LogP contribution in [0, 0.1) is 0 Å². The number of para-hydroxylation sites is 2. The molecule has 0 bridgehead atoms. The Morgan fingerprint density at radius 3 is 2.56 bits per heavy atom. The van der Waals surface area contributed by atoms with E-state index in [9.17, 15) is 4.79 Å². The zero-order valence-corrected chi connectivity index (χ0v) is 20.0. The molecule has 4 aromatic rings. The second kappa shape index (κ2) is 9.05. The van der Waals surface area contributed by atoms with E-state index in [0.29, 0.717) is 38.6 Å². The molecule has 0 saturated carbocycles. The number of nitrogens with zero attached hydrogens (tertiary/aromatic N) is 2. The first-order chi connectivity index (χ1) is 16.5. The minimum absolute atomic E-state index is 0.233. The van der Waals surface area contributed by atoms with Gasteiger partial charge in [0.1, 0.15) is 5.75 Å². The van der Waals surface area contributed by atoms with E-state index in [1.54, 1.807) is 26.2 Å². The molecule has 172 valence electrons. The lowest BCUT2D eigenvalue weighted by Gasteiger charge is -2.32. The maximum atomic E-state index is 13.5. The van der Waals surface area contributed by atoms with Crippen molar-refractivity contribution in [2.75, 3.05) is 19.0 Å². The number of benzene rings is 3. The fraction of sp³-hybridized carbons (Fsp3) is 0.154. The van der Waals surface area contributed by atoms with Crippen molar-refractivity contribution < 1.29 is 14.3 Å². The molecule has 1 N–H and O–H groups in total. The van der Waals surface area contributed by atoms with Crippen LogP contribution in [0.3, 0.4) is 0 Å². The van der Waals surface area contributed by atoms with Crippen molar-refractivity contribution in [3.63, 3.8) is 0 Å². The highest BCUT2D eigenvalue weighted by atomic mass is 35.5. The average molecular weight is 494 g/mol. The molecule has 6 nitrogen and oxygen atoms in total. The number of esters is 1. The predicted molar refractivity (Wildman–Crippen MR) is 135 cm³/mol. The number of imidazole rings is 1. The third-order valence-electron chi connectivity index (χ3n) is 5.76. The molecule has 1 aliphatic rings. The highest BCUT2D eigenvalue weighted by Gasteiger charge is 2.37. The summed E-state index contributed by atoms with van der Waals surface area (Å²) in [7, 11) is 1.61. The van der Waals surface area contributed by atoms with E-state index in [1.807, 2.05) is 59.2 Å². The number of carbonyl (C=O) groups is 1. The van der Waals surface area contributed by atoms with Crippen molar-refractivity contribution in [1.82, 2.24) is 9.55 Å². The van der Waals surface area contributed by atoms with Gasteiger partial charge in [-0.3, -0.25) is 4.57 Å². The Hall–Kier alpha value is -3.48. The lowest BCUT2D eigenvalue weighted by atomic mass is 9.92. The van der Waals surface area contributed by atoms with Crippen LogP contribution >= 0.6 is 23.2 Å². The summed E-state index contributed by atoms with van der Waals surface area (Å²) in [5.74, 6) is 0.860. The zero-order valence-electron chi connectivity index (χ0n) is 18.5. The molecule has 0 aliphatic carbocycles. The minimum atomic E-state index is -0.593. The van der Waals surface area contributed by atoms with Crippen molar-refractivity contribution in [1.29, 1.82) is 0 Å². The number of halogens is 2. The Kier molecular flexibility index (Phi) is 5.94. The summed E-state index contributed by atoms with van der Waals surface area (Å²) in [5, 5.41) is 4.33. The van der Waals surface area contributed by atoms with Crippen LogP contribution in [0.1, 0.15) is 24.1 Å². The Balaban J connectivity index is 1.83. The smallest absolute Gasteiger partial charge is 0.338 e. The van der Waals surface area contributed by atoms with E-state index in [0.717, 1.165) is 16.6 Å². The van der Waals surface area contributed by atoms with Crippen LogP contribution in [0.4, 0.5) is 5.95 Å². The molecule has 5 rings (SSSR count). The third-order valence-corrected chi connectivity index (χ3v) is 6.33. The van der Waals surface area contributed by atoms with Gasteiger partial charge in [-0.1, -0.05) is 41.4 Å². The number of rotatable bonds is 5. The van der Waals surface area contributed by atoms with Gasteiger partial charge in [0.2, 0.25) is 5.95 Å². The zero-order chi connectivity index (χ0) is 23.8. The number of nitrogens with one attached hydrogen (secondary N) is 1. The first-order valence-electron chi connectivity index (χ1n) is 10.8. The fourth-order valence-electron chi connectivity index (χ4n) is 4.26. The van der Waals surface area contributed by atoms with E-state index in [4.69, 9.17) is 37.7 Å². The highest BCUT2D eigenvalue weighted by molar-refractivity contribution is 6.35. The average Bonchev–Trinajstić information content (AvgIpc) is 3.22. The summed E-state index contributed by atoms with van der Waals surface area (Å²) >= 11 is 12.9. The van der Waals surface area contributed by atoms with Crippen LogP contribution in [0.2, 0.25) is 10.0 Å². The second-order valence-corrected chi connectivity index (χ2v) is 8.57. The number of anilines is 1. The molecule has 0 radical (unpaired) electrons. The number of methoxy groups -OCH3 is 1. The van der Waals surface area contributed by atoms with Gasteiger partial charge >= 0.3 is 5.97 Å². The van der Waals surface area contributed by atoms with Crippen molar-refractivity contribution in [3.05, 3.63) is 93.5 Å². The number of hydrogen-bond acceptors (Lipinski definition) is 5. The number of aromatic nitrogens is 2. The van der Waals surface area contributed by atoms with Crippen LogP contribution in [0.5, 0.6) is 5.75 Å². The van der Waals surface area contributed by atoms with E-state index in [-0.39, 0.29) is 6.61 Å². The van der Waals surface area contributed by atoms with Crippen LogP contribution in [0.25, 0.3) is 16.7 Å². The van der Waals surface area contributed by atoms with Gasteiger partial charge in [0.25, 0.3) is 0 Å². The molecule has 2 heterocycles. The Morgan fingerprint density at radius 1 is 1.09 bits per heavy atom. The Morgan fingerprint density at radius 2 is 1.85 bits per heavy atom. The molecule has 0 spiro atoms. The molecule has 34 heavy (non-hydrogen) atoms. The van der Waals surface area contributed by atoms with Crippen molar-refractivity contribution >= 4 is 51.8 Å². The molecule has 1 unspecified atom stereocenters. The van der Waals surface area contributed by atoms with E-state index < -0.39 is 12.0 Å². The lowest BCUT2D eigenvalue weighted by molar-refractivity contribution is -0.138. The Bertz CT molecular complexity index is 1430. The van der Waals surface area contributed by atoms with Crippen molar-refractivity contribution in [2.24, 2.45) is 0 Å². The molecule has 1 atom stereocenters. The van der Waals surface area contributed by atoms with E-state index in [1.165, 1.54) is 0 Å². The standard InChI is InChI=1S/C26H21Cl2N3O3/c1-3-34-25(32)22-23(15-8-11-17(33-2)12-9-15)30-26-29-20-6-4-5-7-21(20)31(26)24(22)18-13-10-16(27)14-19(18)28/h4-14,24H,3H2,1-2H3,(H,29,30).